The average molecular weight is 532 g/mol. The highest BCUT2D eigenvalue weighted by Gasteiger charge is 2.49. The molecule has 2 aromatic carbocycles. The van der Waals surface area contributed by atoms with Gasteiger partial charge < -0.3 is 31.4 Å². The first kappa shape index (κ1) is 26.0. The number of fused-ring (bicyclic) bond motifs is 7. The van der Waals surface area contributed by atoms with Gasteiger partial charge in [0, 0.05) is 28.6 Å². The number of carbonyl (C=O) groups excluding carboxylic acids is 4. The Morgan fingerprint density at radius 2 is 1.77 bits per heavy atom. The van der Waals surface area contributed by atoms with E-state index < -0.39 is 60.2 Å². The van der Waals surface area contributed by atoms with Crippen LogP contribution in [0.4, 0.5) is 0 Å². The average Bonchev–Trinajstić information content (AvgIpc) is 3.41. The third kappa shape index (κ3) is 4.49. The van der Waals surface area contributed by atoms with Gasteiger partial charge in [0.25, 0.3) is 5.91 Å². The number of carbonyl (C=O) groups is 5. The Kier molecular flexibility index (Phi) is 6.59. The fraction of sp³-hybridized carbons (Fsp3) is 0.321. The van der Waals surface area contributed by atoms with E-state index in [0.29, 0.717) is 5.56 Å². The molecule has 11 heteroatoms. The lowest BCUT2D eigenvalue weighted by molar-refractivity contribution is -0.144. The third-order valence-electron chi connectivity index (χ3n) is 7.42. The molecule has 5 rings (SSSR count). The summed E-state index contributed by atoms with van der Waals surface area (Å²) in [5.41, 5.74) is 9.11. The van der Waals surface area contributed by atoms with E-state index in [0.717, 1.165) is 27.7 Å². The van der Waals surface area contributed by atoms with Crippen molar-refractivity contribution in [2.24, 2.45) is 11.7 Å². The van der Waals surface area contributed by atoms with E-state index in [2.05, 4.69) is 15.6 Å². The molecule has 0 aliphatic carbocycles. The van der Waals surface area contributed by atoms with Gasteiger partial charge in [0.1, 0.15) is 18.1 Å². The molecule has 6 N–H and O–H groups in total. The first-order valence-electron chi connectivity index (χ1n) is 12.7. The summed E-state index contributed by atoms with van der Waals surface area (Å²) in [5.74, 6) is -4.30. The third-order valence-corrected chi connectivity index (χ3v) is 7.42. The Morgan fingerprint density at radius 1 is 1.08 bits per heavy atom. The number of H-pyrrole nitrogens is 1. The molecule has 39 heavy (non-hydrogen) atoms. The summed E-state index contributed by atoms with van der Waals surface area (Å²) >= 11 is 0. The van der Waals surface area contributed by atoms with Crippen molar-refractivity contribution in [2.75, 3.05) is 0 Å². The fourth-order valence-corrected chi connectivity index (χ4v) is 5.58. The van der Waals surface area contributed by atoms with E-state index in [1.54, 1.807) is 30.9 Å². The van der Waals surface area contributed by atoms with Crippen LogP contribution in [0.1, 0.15) is 53.5 Å². The van der Waals surface area contributed by atoms with Crippen molar-refractivity contribution in [3.63, 3.8) is 0 Å². The van der Waals surface area contributed by atoms with Crippen LogP contribution < -0.4 is 16.4 Å². The molecule has 0 saturated heterocycles. The van der Waals surface area contributed by atoms with Crippen molar-refractivity contribution >= 4 is 40.5 Å². The lowest BCUT2D eigenvalue weighted by Crippen LogP contribution is -2.59. The van der Waals surface area contributed by atoms with Gasteiger partial charge in [-0.15, -0.1) is 0 Å². The largest absolute Gasteiger partial charge is 0.480 e. The number of carboxylic acid groups (broad SMARTS) is 1. The number of carboxylic acids is 1. The number of nitrogens with zero attached hydrogens (tertiary/aromatic N) is 1. The number of aromatic nitrogens is 1. The van der Waals surface area contributed by atoms with E-state index in [4.69, 9.17) is 5.73 Å². The Bertz CT molecular complexity index is 1510. The molecule has 0 bridgehead atoms. The molecule has 0 fully saturated rings. The zero-order valence-corrected chi connectivity index (χ0v) is 21.4. The van der Waals surface area contributed by atoms with Crippen LogP contribution in [0.3, 0.4) is 0 Å². The molecule has 202 valence electrons. The highest BCUT2D eigenvalue weighted by molar-refractivity contribution is 6.04. The molecule has 2 aliphatic heterocycles. The van der Waals surface area contributed by atoms with Crippen molar-refractivity contribution in [1.29, 1.82) is 0 Å². The number of aromatic amines is 1. The summed E-state index contributed by atoms with van der Waals surface area (Å²) in [6.07, 6.45) is -0.360. The van der Waals surface area contributed by atoms with Crippen molar-refractivity contribution in [3.8, 4) is 0 Å². The maximum atomic E-state index is 13.8. The molecule has 4 atom stereocenters. The summed E-state index contributed by atoms with van der Waals surface area (Å²) in [6, 6.07) is 10.9. The molecule has 11 nitrogen and oxygen atoms in total. The molecule has 2 aliphatic rings. The van der Waals surface area contributed by atoms with E-state index in [1.807, 2.05) is 36.4 Å². The first-order valence-corrected chi connectivity index (χ1v) is 12.7. The van der Waals surface area contributed by atoms with Crippen LogP contribution >= 0.6 is 0 Å². The molecule has 4 amide bonds. The number of amides is 4. The smallest absolute Gasteiger partial charge is 0.326 e. The molecule has 0 spiro atoms. The number of aliphatic carboxylic acids is 1. The minimum Gasteiger partial charge on any atom is -0.480 e. The van der Waals surface area contributed by atoms with Gasteiger partial charge >= 0.3 is 5.97 Å². The van der Waals surface area contributed by atoms with Gasteiger partial charge in [0.15, 0.2) is 0 Å². The van der Waals surface area contributed by atoms with Crippen LogP contribution in [0.25, 0.3) is 10.9 Å². The first-order chi connectivity index (χ1) is 18.6. The number of hydrogen-bond acceptors (Lipinski definition) is 5. The summed E-state index contributed by atoms with van der Waals surface area (Å²) < 4.78 is 0. The lowest BCUT2D eigenvalue weighted by atomic mass is 9.89. The van der Waals surface area contributed by atoms with Crippen molar-refractivity contribution < 1.29 is 29.1 Å². The highest BCUT2D eigenvalue weighted by atomic mass is 16.4. The minimum absolute atomic E-state index is 0.229. The Hall–Kier alpha value is -4.67. The van der Waals surface area contributed by atoms with Crippen LogP contribution in [0.2, 0.25) is 0 Å². The quantitative estimate of drug-likeness (QED) is 0.292. The predicted molar refractivity (Wildman–Crippen MR) is 140 cm³/mol. The number of benzene rings is 2. The molecule has 3 aromatic rings. The normalized spacial score (nSPS) is 19.2. The second-order valence-electron chi connectivity index (χ2n) is 10.3. The maximum Gasteiger partial charge on any atom is 0.326 e. The second kappa shape index (κ2) is 9.90. The van der Waals surface area contributed by atoms with Gasteiger partial charge in [-0.2, -0.15) is 0 Å². The molecule has 0 radical (unpaired) electrons. The van der Waals surface area contributed by atoms with E-state index in [-0.39, 0.29) is 12.3 Å². The second-order valence-corrected chi connectivity index (χ2v) is 10.3. The standard InChI is InChI=1S/C28H29N5O6/c1-13(2)22(26(36)31-19(28(38)39)12-21(29)34)32-25(35)20-11-17-14-7-5-6-10-18(14)30-23(17)24-15-8-3-4-9-16(15)27(37)33(20)24/h3-10,13,19-20,22,24,30H,11-12H2,1-2H3,(H2,29,34)(H,31,36)(H,32,35)(H,38,39)/t19-,20-,22-,24+/m0/s1. The number of primary amides is 1. The zero-order valence-electron chi connectivity index (χ0n) is 21.4. The highest BCUT2D eigenvalue weighted by Crippen LogP contribution is 2.46. The number of nitrogens with two attached hydrogens (primary N) is 1. The molecule has 3 heterocycles. The van der Waals surface area contributed by atoms with Crippen molar-refractivity contribution in [1.82, 2.24) is 20.5 Å². The van der Waals surface area contributed by atoms with Gasteiger partial charge in [0.2, 0.25) is 17.7 Å². The monoisotopic (exact) mass is 531 g/mol. The minimum atomic E-state index is -1.53. The number of para-hydroxylation sites is 1. The molecular formula is C28H29N5O6. The van der Waals surface area contributed by atoms with Gasteiger partial charge in [0.05, 0.1) is 12.5 Å². The molecule has 0 unspecified atom stereocenters. The summed E-state index contributed by atoms with van der Waals surface area (Å²) in [5, 5.41) is 15.4. The van der Waals surface area contributed by atoms with Crippen LogP contribution in [-0.4, -0.2) is 62.7 Å². The van der Waals surface area contributed by atoms with Crippen molar-refractivity contribution in [2.45, 2.75) is 50.9 Å². The van der Waals surface area contributed by atoms with E-state index in [9.17, 15) is 29.1 Å². The molecule has 0 saturated carbocycles. The van der Waals surface area contributed by atoms with Crippen LogP contribution in [0.5, 0.6) is 0 Å². The Labute approximate surface area is 223 Å². The number of nitrogens with one attached hydrogen (secondary N) is 3. The Balaban J connectivity index is 1.48. The van der Waals surface area contributed by atoms with Crippen LogP contribution in [-0.2, 0) is 25.6 Å². The van der Waals surface area contributed by atoms with E-state index >= 15 is 0 Å². The number of hydrogen-bond donors (Lipinski definition) is 5. The lowest BCUT2D eigenvalue weighted by Gasteiger charge is -2.38. The summed E-state index contributed by atoms with van der Waals surface area (Å²) in [4.78, 5) is 68.3. The summed E-state index contributed by atoms with van der Waals surface area (Å²) in [7, 11) is 0. The zero-order chi connectivity index (χ0) is 28.0. The van der Waals surface area contributed by atoms with Gasteiger partial charge in [-0.1, -0.05) is 50.2 Å². The molecule has 1 aromatic heterocycles. The van der Waals surface area contributed by atoms with Gasteiger partial charge in [-0.3, -0.25) is 19.2 Å². The SMILES string of the molecule is CC(C)[C@H](NC(=O)[C@@H]1Cc2c([nH]c3ccccc23)[C@H]2c3ccccc3C(=O)N21)C(=O)N[C@@H](CC(N)=O)C(=O)O. The summed E-state index contributed by atoms with van der Waals surface area (Å²) in [6.45, 7) is 3.40. The topological polar surface area (TPSA) is 175 Å². The van der Waals surface area contributed by atoms with Crippen LogP contribution in [0.15, 0.2) is 48.5 Å². The fourth-order valence-electron chi connectivity index (χ4n) is 5.58. The molecular weight excluding hydrogens is 502 g/mol. The number of rotatable bonds is 8. The van der Waals surface area contributed by atoms with Crippen LogP contribution in [0, 0.1) is 5.92 Å². The van der Waals surface area contributed by atoms with Gasteiger partial charge in [-0.25, -0.2) is 4.79 Å². The predicted octanol–water partition coefficient (Wildman–Crippen LogP) is 1.22. The maximum absolute atomic E-state index is 13.8. The van der Waals surface area contributed by atoms with Gasteiger partial charge in [-0.05, 0) is 29.2 Å². The Morgan fingerprint density at radius 3 is 2.46 bits per heavy atom. The van der Waals surface area contributed by atoms with E-state index in [1.165, 1.54) is 0 Å². The van der Waals surface area contributed by atoms with Crippen molar-refractivity contribution in [3.05, 3.63) is 70.9 Å².